The Morgan fingerprint density at radius 2 is 2.05 bits per heavy atom. The summed E-state index contributed by atoms with van der Waals surface area (Å²) in [4.78, 5) is 16.0. The summed E-state index contributed by atoms with van der Waals surface area (Å²) in [5, 5.41) is 5.85. The van der Waals surface area contributed by atoms with Gasteiger partial charge in [-0.1, -0.05) is 24.3 Å². The van der Waals surface area contributed by atoms with Crippen molar-refractivity contribution in [2.45, 2.75) is 6.42 Å². The predicted octanol–water partition coefficient (Wildman–Crippen LogP) is 3.09. The first-order valence-corrected chi connectivity index (χ1v) is 7.06. The Balaban J connectivity index is 1.73. The molecule has 1 aromatic carbocycles. The topological polar surface area (TPSA) is 63.2 Å². The van der Waals surface area contributed by atoms with Crippen molar-refractivity contribution in [1.29, 1.82) is 0 Å². The lowest BCUT2D eigenvalue weighted by Gasteiger charge is -2.07. The van der Waals surface area contributed by atoms with Crippen LogP contribution < -0.4 is 15.4 Å². The SMILES string of the molecule is C=CCNc1ccc(NC(=O)CCOc2ccccc2)nc1. The van der Waals surface area contributed by atoms with Gasteiger partial charge >= 0.3 is 0 Å². The molecule has 0 radical (unpaired) electrons. The lowest BCUT2D eigenvalue weighted by Crippen LogP contribution is -2.16. The molecule has 5 nitrogen and oxygen atoms in total. The second-order valence-corrected chi connectivity index (χ2v) is 4.56. The van der Waals surface area contributed by atoms with Crippen molar-refractivity contribution < 1.29 is 9.53 Å². The standard InChI is InChI=1S/C17H19N3O2/c1-2-11-18-14-8-9-16(19-13-14)20-17(21)10-12-22-15-6-4-3-5-7-15/h2-9,13,18H,1,10-12H2,(H,19,20,21). The van der Waals surface area contributed by atoms with Crippen LogP contribution in [0.5, 0.6) is 5.75 Å². The van der Waals surface area contributed by atoms with E-state index in [1.165, 1.54) is 0 Å². The third kappa shape index (κ3) is 5.28. The average molecular weight is 297 g/mol. The van der Waals surface area contributed by atoms with E-state index in [4.69, 9.17) is 4.74 Å². The minimum atomic E-state index is -0.129. The number of benzene rings is 1. The van der Waals surface area contributed by atoms with Crippen molar-refractivity contribution in [3.8, 4) is 5.75 Å². The van der Waals surface area contributed by atoms with Crippen LogP contribution in [0.15, 0.2) is 61.3 Å². The number of hydrogen-bond donors (Lipinski definition) is 2. The van der Waals surface area contributed by atoms with Crippen LogP contribution in [0.4, 0.5) is 11.5 Å². The zero-order valence-electron chi connectivity index (χ0n) is 12.3. The van der Waals surface area contributed by atoms with E-state index in [1.807, 2.05) is 36.4 Å². The number of aromatic nitrogens is 1. The van der Waals surface area contributed by atoms with Crippen molar-refractivity contribution in [3.63, 3.8) is 0 Å². The van der Waals surface area contributed by atoms with Crippen molar-refractivity contribution in [2.75, 3.05) is 23.8 Å². The fourth-order valence-corrected chi connectivity index (χ4v) is 1.75. The summed E-state index contributed by atoms with van der Waals surface area (Å²) in [7, 11) is 0. The first-order valence-electron chi connectivity index (χ1n) is 7.06. The van der Waals surface area contributed by atoms with Gasteiger partial charge in [0, 0.05) is 6.54 Å². The third-order valence-electron chi connectivity index (χ3n) is 2.82. The second kappa shape index (κ2) is 8.46. The molecule has 0 saturated heterocycles. The van der Waals surface area contributed by atoms with Gasteiger partial charge in [-0.25, -0.2) is 4.98 Å². The molecule has 1 amide bonds. The minimum absolute atomic E-state index is 0.129. The van der Waals surface area contributed by atoms with E-state index in [-0.39, 0.29) is 12.3 Å². The second-order valence-electron chi connectivity index (χ2n) is 4.56. The quantitative estimate of drug-likeness (QED) is 0.735. The molecule has 0 unspecified atom stereocenters. The highest BCUT2D eigenvalue weighted by molar-refractivity contribution is 5.89. The number of carbonyl (C=O) groups is 1. The molecule has 5 heteroatoms. The molecule has 0 aliphatic rings. The molecule has 2 N–H and O–H groups in total. The molecular formula is C17H19N3O2. The number of nitrogens with one attached hydrogen (secondary N) is 2. The molecule has 2 aromatic rings. The summed E-state index contributed by atoms with van der Waals surface area (Å²) in [5.41, 5.74) is 0.880. The Bertz CT molecular complexity index is 597. The average Bonchev–Trinajstić information content (AvgIpc) is 2.55. The van der Waals surface area contributed by atoms with Gasteiger partial charge in [-0.15, -0.1) is 6.58 Å². The summed E-state index contributed by atoms with van der Waals surface area (Å²) in [6, 6.07) is 13.0. The summed E-state index contributed by atoms with van der Waals surface area (Å²) in [6.45, 7) is 4.63. The largest absolute Gasteiger partial charge is 0.493 e. The number of hydrogen-bond acceptors (Lipinski definition) is 4. The lowest BCUT2D eigenvalue weighted by atomic mass is 10.3. The van der Waals surface area contributed by atoms with E-state index in [9.17, 15) is 4.79 Å². The molecule has 0 atom stereocenters. The van der Waals surface area contributed by atoms with Gasteiger partial charge in [0.05, 0.1) is 24.9 Å². The van der Waals surface area contributed by atoms with E-state index in [1.54, 1.807) is 18.3 Å². The zero-order valence-corrected chi connectivity index (χ0v) is 12.3. The van der Waals surface area contributed by atoms with Gasteiger partial charge in [-0.3, -0.25) is 4.79 Å². The Morgan fingerprint density at radius 3 is 2.73 bits per heavy atom. The van der Waals surface area contributed by atoms with Crippen molar-refractivity contribution >= 4 is 17.4 Å². The van der Waals surface area contributed by atoms with Crippen LogP contribution in [-0.2, 0) is 4.79 Å². The zero-order chi connectivity index (χ0) is 15.6. The summed E-state index contributed by atoms with van der Waals surface area (Å²) >= 11 is 0. The molecule has 1 heterocycles. The number of pyridine rings is 1. The van der Waals surface area contributed by atoms with E-state index >= 15 is 0 Å². The molecule has 2 rings (SSSR count). The van der Waals surface area contributed by atoms with Crippen LogP contribution in [0.1, 0.15) is 6.42 Å². The first-order chi connectivity index (χ1) is 10.8. The van der Waals surface area contributed by atoms with Gasteiger partial charge in [-0.2, -0.15) is 0 Å². The van der Waals surface area contributed by atoms with Gasteiger partial charge in [0.2, 0.25) is 5.91 Å². The molecule has 0 aliphatic carbocycles. The van der Waals surface area contributed by atoms with Crippen molar-refractivity contribution in [3.05, 3.63) is 61.3 Å². The van der Waals surface area contributed by atoms with Gasteiger partial charge < -0.3 is 15.4 Å². The molecule has 22 heavy (non-hydrogen) atoms. The molecule has 0 fully saturated rings. The van der Waals surface area contributed by atoms with Gasteiger partial charge in [0.25, 0.3) is 0 Å². The smallest absolute Gasteiger partial charge is 0.228 e. The number of nitrogens with zero attached hydrogens (tertiary/aromatic N) is 1. The van der Waals surface area contributed by atoms with E-state index in [0.29, 0.717) is 19.0 Å². The monoisotopic (exact) mass is 297 g/mol. The molecular weight excluding hydrogens is 278 g/mol. The van der Waals surface area contributed by atoms with Crippen LogP contribution in [0.3, 0.4) is 0 Å². The molecule has 1 aromatic heterocycles. The number of rotatable bonds is 8. The Labute approximate surface area is 130 Å². The van der Waals surface area contributed by atoms with Crippen molar-refractivity contribution in [1.82, 2.24) is 4.98 Å². The summed E-state index contributed by atoms with van der Waals surface area (Å²) < 4.78 is 5.48. The fourth-order valence-electron chi connectivity index (χ4n) is 1.75. The highest BCUT2D eigenvalue weighted by Crippen LogP contribution is 2.11. The maximum atomic E-state index is 11.8. The van der Waals surface area contributed by atoms with Crippen LogP contribution in [0, 0.1) is 0 Å². The van der Waals surface area contributed by atoms with Gasteiger partial charge in [0.1, 0.15) is 11.6 Å². The van der Waals surface area contributed by atoms with E-state index in [2.05, 4.69) is 22.2 Å². The number of carbonyl (C=O) groups excluding carboxylic acids is 1. The van der Waals surface area contributed by atoms with E-state index in [0.717, 1.165) is 11.4 Å². The van der Waals surface area contributed by atoms with Crippen molar-refractivity contribution in [2.24, 2.45) is 0 Å². The molecule has 0 spiro atoms. The highest BCUT2D eigenvalue weighted by atomic mass is 16.5. The molecule has 114 valence electrons. The Kier molecular flexibility index (Phi) is 5.99. The summed E-state index contributed by atoms with van der Waals surface area (Å²) in [6.07, 6.45) is 3.70. The van der Waals surface area contributed by atoms with Crippen LogP contribution >= 0.6 is 0 Å². The Morgan fingerprint density at radius 1 is 1.23 bits per heavy atom. The lowest BCUT2D eigenvalue weighted by molar-refractivity contribution is -0.116. The fraction of sp³-hybridized carbons (Fsp3) is 0.176. The van der Waals surface area contributed by atoms with E-state index < -0.39 is 0 Å². The number of amides is 1. The number of ether oxygens (including phenoxy) is 1. The van der Waals surface area contributed by atoms with Crippen LogP contribution in [0.25, 0.3) is 0 Å². The van der Waals surface area contributed by atoms with Crippen LogP contribution in [0.2, 0.25) is 0 Å². The Hall–Kier alpha value is -2.82. The molecule has 0 aliphatic heterocycles. The van der Waals surface area contributed by atoms with Gasteiger partial charge in [-0.05, 0) is 24.3 Å². The summed E-state index contributed by atoms with van der Waals surface area (Å²) in [5.74, 6) is 1.15. The number of para-hydroxylation sites is 1. The predicted molar refractivity (Wildman–Crippen MR) is 88.1 cm³/mol. The minimum Gasteiger partial charge on any atom is -0.493 e. The normalized spacial score (nSPS) is 9.82. The number of anilines is 2. The third-order valence-corrected chi connectivity index (χ3v) is 2.82. The maximum Gasteiger partial charge on any atom is 0.228 e. The molecule has 0 saturated carbocycles. The van der Waals surface area contributed by atoms with Gasteiger partial charge in [0.15, 0.2) is 0 Å². The molecule has 0 bridgehead atoms. The van der Waals surface area contributed by atoms with Crippen LogP contribution in [-0.4, -0.2) is 24.0 Å². The first kappa shape index (κ1) is 15.6. The highest BCUT2D eigenvalue weighted by Gasteiger charge is 2.04. The maximum absolute atomic E-state index is 11.8.